The number of hydrogen-bond acceptors (Lipinski definition) is 2. The number of hydrogen-bond donors (Lipinski definition) is 0. The maximum atomic E-state index is 13.4. The van der Waals surface area contributed by atoms with E-state index in [1.807, 2.05) is 18.7 Å². The lowest BCUT2D eigenvalue weighted by molar-refractivity contribution is 0.595. The van der Waals surface area contributed by atoms with Gasteiger partial charge in [0.15, 0.2) is 11.6 Å². The summed E-state index contributed by atoms with van der Waals surface area (Å²) in [5.41, 5.74) is 0. The Bertz CT molecular complexity index is 291. The molecule has 0 radical (unpaired) electrons. The molecule has 0 aliphatic carbocycles. The summed E-state index contributed by atoms with van der Waals surface area (Å²) in [4.78, 5) is 5.98. The van der Waals surface area contributed by atoms with Gasteiger partial charge in [-0.25, -0.2) is 9.37 Å². The fraction of sp³-hybridized carbons (Fsp3) is 0.500. The Morgan fingerprint density at radius 3 is 2.79 bits per heavy atom. The molecular formula is C10H14BrFN2. The molecule has 1 rings (SSSR count). The first-order valence-electron chi connectivity index (χ1n) is 4.60. The van der Waals surface area contributed by atoms with Crippen LogP contribution in [0.2, 0.25) is 0 Å². The van der Waals surface area contributed by atoms with Crippen LogP contribution >= 0.6 is 15.9 Å². The van der Waals surface area contributed by atoms with Crippen molar-refractivity contribution in [1.82, 2.24) is 4.98 Å². The minimum atomic E-state index is -0.262. The van der Waals surface area contributed by atoms with Crippen molar-refractivity contribution >= 4 is 21.7 Å². The highest BCUT2D eigenvalue weighted by Gasteiger charge is 2.14. The second-order valence-electron chi connectivity index (χ2n) is 3.28. The molecule has 78 valence electrons. The first kappa shape index (κ1) is 11.4. The summed E-state index contributed by atoms with van der Waals surface area (Å²) in [6.07, 6.45) is 1.61. The molecular weight excluding hydrogens is 247 g/mol. The van der Waals surface area contributed by atoms with Crippen LogP contribution in [0.3, 0.4) is 0 Å². The van der Waals surface area contributed by atoms with E-state index in [-0.39, 0.29) is 11.9 Å². The van der Waals surface area contributed by atoms with E-state index < -0.39 is 0 Å². The smallest absolute Gasteiger partial charge is 0.165 e. The maximum absolute atomic E-state index is 13.4. The molecule has 4 heteroatoms. The van der Waals surface area contributed by atoms with Crippen molar-refractivity contribution in [3.05, 3.63) is 24.1 Å². The molecule has 14 heavy (non-hydrogen) atoms. The second kappa shape index (κ2) is 5.29. The van der Waals surface area contributed by atoms with Crippen molar-refractivity contribution in [1.29, 1.82) is 0 Å². The Kier molecular flexibility index (Phi) is 4.32. The van der Waals surface area contributed by atoms with E-state index in [2.05, 4.69) is 20.9 Å². The normalized spacial score (nSPS) is 10.6. The van der Waals surface area contributed by atoms with E-state index in [0.717, 1.165) is 11.9 Å². The van der Waals surface area contributed by atoms with Gasteiger partial charge in [-0.15, -0.1) is 0 Å². The van der Waals surface area contributed by atoms with E-state index >= 15 is 0 Å². The Balaban J connectivity index is 2.93. The molecule has 0 saturated carbocycles. The molecule has 0 atom stereocenters. The van der Waals surface area contributed by atoms with Crippen LogP contribution in [-0.2, 0) is 0 Å². The molecule has 0 spiro atoms. The third-order valence-electron chi connectivity index (χ3n) is 1.96. The van der Waals surface area contributed by atoms with Gasteiger partial charge in [-0.2, -0.15) is 0 Å². The number of halogens is 2. The first-order valence-corrected chi connectivity index (χ1v) is 5.72. The molecule has 0 amide bonds. The molecule has 0 N–H and O–H groups in total. The third kappa shape index (κ3) is 2.67. The van der Waals surface area contributed by atoms with Crippen molar-refractivity contribution in [2.75, 3.05) is 16.8 Å². The van der Waals surface area contributed by atoms with Gasteiger partial charge >= 0.3 is 0 Å². The molecule has 2 nitrogen and oxygen atoms in total. The largest absolute Gasteiger partial charge is 0.351 e. The van der Waals surface area contributed by atoms with E-state index in [1.165, 1.54) is 6.07 Å². The van der Waals surface area contributed by atoms with E-state index in [4.69, 9.17) is 0 Å². The molecule has 0 fully saturated rings. The number of alkyl halides is 1. The van der Waals surface area contributed by atoms with Gasteiger partial charge in [-0.3, -0.25) is 0 Å². The summed E-state index contributed by atoms with van der Waals surface area (Å²) in [5.74, 6) is 0.170. The van der Waals surface area contributed by atoms with Gasteiger partial charge in [0.1, 0.15) is 0 Å². The van der Waals surface area contributed by atoms with Crippen LogP contribution in [0.5, 0.6) is 0 Å². The number of anilines is 1. The summed E-state index contributed by atoms with van der Waals surface area (Å²) in [7, 11) is 0. The topological polar surface area (TPSA) is 16.1 Å². The number of aromatic nitrogens is 1. The quantitative estimate of drug-likeness (QED) is 0.775. The van der Waals surface area contributed by atoms with Crippen LogP contribution in [0.1, 0.15) is 13.8 Å². The minimum Gasteiger partial charge on any atom is -0.351 e. The van der Waals surface area contributed by atoms with Crippen molar-refractivity contribution in [3.63, 3.8) is 0 Å². The predicted molar refractivity (Wildman–Crippen MR) is 60.5 cm³/mol. The van der Waals surface area contributed by atoms with Crippen LogP contribution < -0.4 is 4.90 Å². The first-order chi connectivity index (χ1) is 6.66. The van der Waals surface area contributed by atoms with Crippen LogP contribution in [0.25, 0.3) is 0 Å². The van der Waals surface area contributed by atoms with E-state index in [0.29, 0.717) is 5.82 Å². The number of pyridine rings is 1. The molecule has 0 aromatic carbocycles. The highest BCUT2D eigenvalue weighted by atomic mass is 79.9. The maximum Gasteiger partial charge on any atom is 0.165 e. The van der Waals surface area contributed by atoms with Crippen LogP contribution in [0.4, 0.5) is 10.2 Å². The van der Waals surface area contributed by atoms with E-state index in [1.54, 1.807) is 12.3 Å². The lowest BCUT2D eigenvalue weighted by Crippen LogP contribution is -2.33. The van der Waals surface area contributed by atoms with Crippen LogP contribution in [0.15, 0.2) is 18.3 Å². The average molecular weight is 261 g/mol. The second-order valence-corrected chi connectivity index (χ2v) is 4.08. The molecule has 1 aromatic rings. The lowest BCUT2D eigenvalue weighted by atomic mass is 10.3. The molecule has 0 saturated heterocycles. The summed E-state index contributed by atoms with van der Waals surface area (Å²) >= 11 is 3.35. The zero-order valence-electron chi connectivity index (χ0n) is 8.37. The van der Waals surface area contributed by atoms with Gasteiger partial charge in [0, 0.05) is 24.1 Å². The van der Waals surface area contributed by atoms with Crippen molar-refractivity contribution in [2.45, 2.75) is 19.9 Å². The fourth-order valence-corrected chi connectivity index (χ4v) is 1.67. The van der Waals surface area contributed by atoms with Gasteiger partial charge in [-0.1, -0.05) is 15.9 Å². The SMILES string of the molecule is CC(C)N(CCBr)c1ncccc1F. The van der Waals surface area contributed by atoms with Crippen molar-refractivity contribution < 1.29 is 4.39 Å². The highest BCUT2D eigenvalue weighted by molar-refractivity contribution is 9.09. The van der Waals surface area contributed by atoms with Gasteiger partial charge in [0.2, 0.25) is 0 Å². The summed E-state index contributed by atoms with van der Waals surface area (Å²) in [5, 5.41) is 0.807. The number of nitrogens with zero attached hydrogens (tertiary/aromatic N) is 2. The fourth-order valence-electron chi connectivity index (χ4n) is 1.29. The minimum absolute atomic E-state index is 0.247. The molecule has 0 bridgehead atoms. The van der Waals surface area contributed by atoms with Crippen LogP contribution in [-0.4, -0.2) is 22.9 Å². The highest BCUT2D eigenvalue weighted by Crippen LogP contribution is 2.17. The number of rotatable bonds is 4. The molecule has 0 aliphatic rings. The molecule has 0 aliphatic heterocycles. The van der Waals surface area contributed by atoms with E-state index in [9.17, 15) is 4.39 Å². The van der Waals surface area contributed by atoms with Gasteiger partial charge < -0.3 is 4.90 Å². The zero-order valence-corrected chi connectivity index (χ0v) is 9.96. The van der Waals surface area contributed by atoms with Crippen molar-refractivity contribution in [3.8, 4) is 0 Å². The Labute approximate surface area is 92.3 Å². The van der Waals surface area contributed by atoms with Crippen molar-refractivity contribution in [2.24, 2.45) is 0 Å². The Morgan fingerprint density at radius 1 is 1.57 bits per heavy atom. The summed E-state index contributed by atoms with van der Waals surface area (Å²) < 4.78 is 13.4. The average Bonchev–Trinajstić information content (AvgIpc) is 2.15. The molecule has 1 aromatic heterocycles. The molecule has 1 heterocycles. The monoisotopic (exact) mass is 260 g/mol. The Morgan fingerprint density at radius 2 is 2.29 bits per heavy atom. The lowest BCUT2D eigenvalue weighted by Gasteiger charge is -2.27. The zero-order chi connectivity index (χ0) is 10.6. The third-order valence-corrected chi connectivity index (χ3v) is 2.31. The standard InChI is InChI=1S/C10H14BrFN2/c1-8(2)14(7-5-11)10-9(12)4-3-6-13-10/h3-4,6,8H,5,7H2,1-2H3. The van der Waals surface area contributed by atoms with Gasteiger partial charge in [0.05, 0.1) is 0 Å². The summed E-state index contributed by atoms with van der Waals surface area (Å²) in [6, 6.07) is 3.29. The Hall–Kier alpha value is -0.640. The predicted octanol–water partition coefficient (Wildman–Crippen LogP) is 2.83. The van der Waals surface area contributed by atoms with Gasteiger partial charge in [0.25, 0.3) is 0 Å². The summed E-state index contributed by atoms with van der Waals surface area (Å²) in [6.45, 7) is 4.80. The van der Waals surface area contributed by atoms with Gasteiger partial charge in [-0.05, 0) is 26.0 Å². The molecule has 0 unspecified atom stereocenters. The van der Waals surface area contributed by atoms with Crippen LogP contribution in [0, 0.1) is 5.82 Å².